The summed E-state index contributed by atoms with van der Waals surface area (Å²) >= 11 is 1.03. The van der Waals surface area contributed by atoms with Crippen molar-refractivity contribution in [3.05, 3.63) is 118 Å². The second-order valence-electron chi connectivity index (χ2n) is 34.6. The average molecular weight is 1990 g/mol. The summed E-state index contributed by atoms with van der Waals surface area (Å²) in [6.45, 7) is 11.4. The topological polar surface area (TPSA) is 604 Å². The minimum atomic E-state index is -1.78. The molecule has 760 valence electrons. The fourth-order valence-corrected chi connectivity index (χ4v) is 18.3. The zero-order valence-corrected chi connectivity index (χ0v) is 81.7. The van der Waals surface area contributed by atoms with E-state index in [0.717, 1.165) is 52.3 Å². The number of urea groups is 1. The van der Waals surface area contributed by atoms with Crippen LogP contribution < -0.4 is 48.3 Å². The monoisotopic (exact) mass is 1990 g/mol. The van der Waals surface area contributed by atoms with Crippen molar-refractivity contribution >= 4 is 146 Å². The first-order chi connectivity index (χ1) is 65.7. The van der Waals surface area contributed by atoms with E-state index < -0.39 is 218 Å². The molecular weight excluding hydrogens is 1850 g/mol. The lowest BCUT2D eigenvalue weighted by Gasteiger charge is -2.39. The summed E-state index contributed by atoms with van der Waals surface area (Å²) in [6, 6.07) is 14.7. The van der Waals surface area contributed by atoms with Crippen molar-refractivity contribution < 1.29 is 136 Å². The number of benzene rings is 3. The van der Waals surface area contributed by atoms with Gasteiger partial charge < -0.3 is 97.6 Å². The number of phenolic OH excluding ortho intramolecular Hbond substituents is 1. The van der Waals surface area contributed by atoms with Crippen molar-refractivity contribution in [2.45, 2.75) is 257 Å². The number of hydrogen-bond acceptors (Lipinski definition) is 30. The quantitative estimate of drug-likeness (QED) is 0.00502. The third-order valence-corrected chi connectivity index (χ3v) is 26.7. The van der Waals surface area contributed by atoms with E-state index in [4.69, 9.17) is 25.1 Å². The van der Waals surface area contributed by atoms with Gasteiger partial charge in [-0.15, -0.1) is 11.3 Å². The molecule has 3 aromatic carbocycles. The first-order valence-corrected chi connectivity index (χ1v) is 49.7. The number of Topliss-reactive ketones (excluding diaryl/α,β-unsaturated/α-hetero) is 4. The molecule has 1 aromatic heterocycles. The first kappa shape index (κ1) is 117. The number of ether oxygens (including phenoxy) is 4. The van der Waals surface area contributed by atoms with Gasteiger partial charge in [0.05, 0.1) is 43.4 Å². The second kappa shape index (κ2) is 62.8. The molecule has 1 aliphatic rings. The van der Waals surface area contributed by atoms with Gasteiger partial charge in [0.1, 0.15) is 35.1 Å². The van der Waals surface area contributed by atoms with Crippen LogP contribution in [-0.4, -0.2) is 260 Å². The van der Waals surface area contributed by atoms with Gasteiger partial charge in [-0.25, -0.2) is 19.4 Å². The predicted molar refractivity (Wildman–Crippen MR) is 509 cm³/mol. The van der Waals surface area contributed by atoms with Crippen LogP contribution in [0.4, 0.5) is 9.59 Å². The maximum absolute atomic E-state index is 15.1. The third-order valence-electron chi connectivity index (χ3n) is 23.3. The second-order valence-corrected chi connectivity index (χ2v) is 38.1. The van der Waals surface area contributed by atoms with Gasteiger partial charge in [0.25, 0.3) is 12.4 Å². The number of carboxylic acid groups (broad SMARTS) is 4. The summed E-state index contributed by atoms with van der Waals surface area (Å²) in [7, 11) is 3.95. The van der Waals surface area contributed by atoms with Gasteiger partial charge in [0.15, 0.2) is 42.2 Å². The fraction of sp³-hybridized carbons (Fsp3) is 0.579. The van der Waals surface area contributed by atoms with Crippen molar-refractivity contribution in [3.8, 4) is 5.75 Å². The number of carbonyl (C=O) groups is 19. The molecule has 1 aliphatic heterocycles. The molecule has 15 N–H and O–H groups in total. The van der Waals surface area contributed by atoms with Gasteiger partial charge in [-0.3, -0.25) is 81.6 Å². The summed E-state index contributed by atoms with van der Waals surface area (Å²) in [5, 5.41) is 70.4. The maximum atomic E-state index is 15.1. The average Bonchev–Trinajstić information content (AvgIpc) is 1.20. The minimum absolute atomic E-state index is 0.00325. The van der Waals surface area contributed by atoms with Crippen LogP contribution in [0.1, 0.15) is 222 Å². The molecule has 138 heavy (non-hydrogen) atoms. The molecule has 40 nitrogen and oxygen atoms in total. The number of likely N-dealkylation sites (N-methyl/N-ethyl adjacent to an activating group) is 1. The summed E-state index contributed by atoms with van der Waals surface area (Å²) in [5.41, 5.74) is 8.20. The molecule has 5 rings (SSSR count). The number of likely N-dealkylation sites (tertiary alicyclic amines) is 1. The van der Waals surface area contributed by atoms with Crippen LogP contribution in [0.3, 0.4) is 0 Å². The summed E-state index contributed by atoms with van der Waals surface area (Å²) in [5.74, 6) is -17.5. The van der Waals surface area contributed by atoms with E-state index in [1.807, 2.05) is 46.6 Å². The molecule has 2 heterocycles. The number of rotatable bonds is 68. The van der Waals surface area contributed by atoms with Crippen LogP contribution in [0.15, 0.2) is 90.3 Å². The van der Waals surface area contributed by atoms with E-state index in [-0.39, 0.29) is 142 Å². The van der Waals surface area contributed by atoms with Crippen LogP contribution in [0, 0.1) is 35.5 Å². The molecule has 3 unspecified atom stereocenters. The SMILES string of the molecule is CCCC(=O)OCN(C(=O)[C@@H](CC(=O)[C@H]1CCCCN1C)C(C)CC)[C@H](C[C@@H](OC(C)=O)c1nc(C(=O)N[C@@H](Cc2ccc(O)cc2)C[C@H](C)C(=O)CNC(=O)OCCSSC[C@H](CC(=O)[C@H](CC(=O)O)NC(=O)[C@@H](N)CNC(=O)C(CC(=O)C(Cc2ccccc2)NC(=O)CCCCCCNC(=O)CC[C@H](NC(=O)N[C@@H](CCC(=O)O)OC=O)C(=O)O)Cc2ccccc2)C(=O)O)cs1)C(C)C. The summed E-state index contributed by atoms with van der Waals surface area (Å²) in [4.78, 5) is 257. The zero-order valence-electron chi connectivity index (χ0n) is 79.3. The summed E-state index contributed by atoms with van der Waals surface area (Å²) < 4.78 is 21.6. The molecule has 9 amide bonds. The Kier molecular flexibility index (Phi) is 53.0. The van der Waals surface area contributed by atoms with Crippen molar-refractivity contribution in [2.24, 2.45) is 41.2 Å². The largest absolute Gasteiger partial charge is 0.508 e. The Labute approximate surface area is 814 Å². The van der Waals surface area contributed by atoms with Gasteiger partial charge in [0, 0.05) is 118 Å². The number of alkyl carbamates (subject to hydrolysis) is 1. The van der Waals surface area contributed by atoms with Crippen molar-refractivity contribution in [1.29, 1.82) is 0 Å². The number of carboxylic acids is 4. The van der Waals surface area contributed by atoms with E-state index in [2.05, 4.69) is 52.3 Å². The van der Waals surface area contributed by atoms with Crippen LogP contribution in [0.2, 0.25) is 0 Å². The Bertz CT molecular complexity index is 4670. The number of esters is 2. The van der Waals surface area contributed by atoms with E-state index in [1.54, 1.807) is 79.7 Å². The molecule has 1 fully saturated rings. The van der Waals surface area contributed by atoms with Gasteiger partial charge in [-0.05, 0) is 118 Å². The number of unbranched alkanes of at least 4 members (excludes halogenated alkanes) is 3. The lowest BCUT2D eigenvalue weighted by atomic mass is 9.82. The predicted octanol–water partition coefficient (Wildman–Crippen LogP) is 7.72. The Morgan fingerprint density at radius 1 is 0.638 bits per heavy atom. The van der Waals surface area contributed by atoms with E-state index >= 15 is 4.79 Å². The van der Waals surface area contributed by atoms with Gasteiger partial charge in [0.2, 0.25) is 29.5 Å². The summed E-state index contributed by atoms with van der Waals surface area (Å²) in [6.07, 6.45) is -1.18. The standard InChI is InChI=1S/C95H134N12O28S3/c1-9-23-86(121)133-55-107(91(125)68(58(5)10-2)48-78(113)74-28-20-22-39-106(74)8)75(57(3)4)50-80(135-60(7)109)90-103-73(54-136-90)89(124)100-66(44-63-30-32-67(110)33-31-63)42-59(6)79(114)52-99-95(131)132-40-41-137-138-53-65(92(126)127)47-77(112)72(49-85(119)120)102-88(123)69(96)51-98-87(122)64(43-61-24-15-13-16-25-61)46-76(111)71(45-62-26-17-14-18-27-62)101-82(116)29-19-11-12-21-38-97-81(115)35-34-70(93(128)129)104-94(130)105-83(134-56-108)36-37-84(117)118/h13-18,24-27,30-33,54,56-59,64-66,68-72,74-75,80,83,110H,9-12,19-23,28-29,34-53,55,96H2,1-8H3,(H,97,115)(H,98,122)(H,99,131)(H,100,124)(H,101,116)(H,102,123)(H,117,118)(H,119,120)(H,126,127)(H,128,129)(H2,104,105,130)/t58?,59-,64?,65-,66+,68-,69-,70-,71?,72-,74+,75+,80+,83+/m0/s1. The Morgan fingerprint density at radius 3 is 1.92 bits per heavy atom. The number of amides is 9. The number of hydrogen-bond donors (Lipinski definition) is 14. The number of thiazole rings is 1. The lowest BCUT2D eigenvalue weighted by molar-refractivity contribution is -0.162. The van der Waals surface area contributed by atoms with Gasteiger partial charge >= 0.3 is 47.9 Å². The van der Waals surface area contributed by atoms with Crippen LogP contribution in [0.25, 0.3) is 0 Å². The highest BCUT2D eigenvalue weighted by molar-refractivity contribution is 8.76. The molecule has 14 atom stereocenters. The highest BCUT2D eigenvalue weighted by atomic mass is 33.1. The molecule has 0 saturated carbocycles. The van der Waals surface area contributed by atoms with Crippen LogP contribution in [-0.2, 0) is 115 Å². The minimum Gasteiger partial charge on any atom is -0.508 e. The number of nitrogens with two attached hydrogens (primary N) is 1. The van der Waals surface area contributed by atoms with E-state index in [9.17, 15) is 107 Å². The molecule has 0 aliphatic carbocycles. The number of aromatic hydroxyl groups is 1. The molecule has 43 heteroatoms. The molecule has 4 aromatic rings. The number of aromatic nitrogens is 1. The molecular formula is C95H134N12O28S3. The smallest absolute Gasteiger partial charge is 0.407 e. The first-order valence-electron chi connectivity index (χ1n) is 46.4. The van der Waals surface area contributed by atoms with E-state index in [0.29, 0.717) is 61.6 Å². The number of nitrogens with zero attached hydrogens (tertiary/aromatic N) is 3. The molecule has 0 radical (unpaired) electrons. The van der Waals surface area contributed by atoms with Crippen LogP contribution >= 0.6 is 32.9 Å². The third kappa shape index (κ3) is 44.2. The van der Waals surface area contributed by atoms with Crippen molar-refractivity contribution in [1.82, 2.24) is 57.3 Å². The number of ketones is 4. The van der Waals surface area contributed by atoms with E-state index in [1.165, 1.54) is 29.3 Å². The van der Waals surface area contributed by atoms with Crippen molar-refractivity contribution in [3.63, 3.8) is 0 Å². The highest BCUT2D eigenvalue weighted by Crippen LogP contribution is 2.35. The highest BCUT2D eigenvalue weighted by Gasteiger charge is 2.41. The number of aliphatic carboxylic acids is 4. The normalized spacial score (nSPS) is 15.3. The molecule has 0 spiro atoms. The number of nitrogens with one attached hydrogen (secondary N) is 8. The number of phenols is 1. The van der Waals surface area contributed by atoms with Gasteiger partial charge in [-0.2, -0.15) is 0 Å². The Balaban J connectivity index is 1.11. The Hall–Kier alpha value is -12.0. The van der Waals surface area contributed by atoms with Crippen LogP contribution in [0.5, 0.6) is 5.75 Å². The maximum Gasteiger partial charge on any atom is 0.407 e. The number of piperidine rings is 1. The zero-order chi connectivity index (χ0) is 102. The van der Waals surface area contributed by atoms with Crippen molar-refractivity contribution in [2.75, 3.05) is 58.1 Å². The molecule has 1 saturated heterocycles. The lowest BCUT2D eigenvalue weighted by Crippen LogP contribution is -2.53. The molecule has 0 bridgehead atoms. The number of carbonyl (C=O) groups excluding carboxylic acids is 15. The van der Waals surface area contributed by atoms with Gasteiger partial charge in [-0.1, -0.05) is 162 Å². The Morgan fingerprint density at radius 2 is 1.30 bits per heavy atom. The fourth-order valence-electron chi connectivity index (χ4n) is 15.3.